The van der Waals surface area contributed by atoms with E-state index in [2.05, 4.69) is 39.1 Å². The fourth-order valence-electron chi connectivity index (χ4n) is 5.01. The van der Waals surface area contributed by atoms with Crippen LogP contribution in [0, 0.1) is 5.92 Å². The van der Waals surface area contributed by atoms with Crippen LogP contribution >= 0.6 is 15.9 Å². The second kappa shape index (κ2) is 6.98. The van der Waals surface area contributed by atoms with Gasteiger partial charge >= 0.3 is 6.09 Å². The minimum atomic E-state index is -0.229. The van der Waals surface area contributed by atoms with Gasteiger partial charge in [0.25, 0.3) is 0 Å². The number of fused-ring (bicyclic) bond motifs is 4. The van der Waals surface area contributed by atoms with Crippen molar-refractivity contribution in [2.45, 2.75) is 44.4 Å². The minimum absolute atomic E-state index is 0.0264. The first-order chi connectivity index (χ1) is 14.7. The van der Waals surface area contributed by atoms with Crippen molar-refractivity contribution in [3.8, 4) is 11.3 Å². The lowest BCUT2D eigenvalue weighted by Crippen LogP contribution is -2.34. The van der Waals surface area contributed by atoms with Gasteiger partial charge in [0, 0.05) is 16.1 Å². The molecule has 6 heteroatoms. The lowest BCUT2D eigenvalue weighted by molar-refractivity contribution is 0.0833. The van der Waals surface area contributed by atoms with E-state index in [0.717, 1.165) is 52.9 Å². The summed E-state index contributed by atoms with van der Waals surface area (Å²) >= 11 is 3.57. The Bertz CT molecular complexity index is 1130. The smallest absolute Gasteiger partial charge is 0.410 e. The number of aryl methyl sites for hydroxylation is 2. The van der Waals surface area contributed by atoms with Crippen molar-refractivity contribution in [3.05, 3.63) is 75.6 Å². The van der Waals surface area contributed by atoms with Crippen LogP contribution in [-0.4, -0.2) is 27.0 Å². The van der Waals surface area contributed by atoms with E-state index in [1.807, 2.05) is 35.2 Å². The maximum atomic E-state index is 13.0. The summed E-state index contributed by atoms with van der Waals surface area (Å²) in [6.45, 7) is 0.303. The average Bonchev–Trinajstić information content (AvgIpc) is 3.21. The number of aromatic nitrogens is 2. The Kier molecular flexibility index (Phi) is 4.23. The molecule has 2 heterocycles. The van der Waals surface area contributed by atoms with Gasteiger partial charge in [0.2, 0.25) is 0 Å². The molecule has 3 atom stereocenters. The highest BCUT2D eigenvalue weighted by Gasteiger charge is 2.56. The molecule has 5 nitrogen and oxygen atoms in total. The fourth-order valence-corrected chi connectivity index (χ4v) is 5.42. The molecule has 0 radical (unpaired) electrons. The first-order valence-corrected chi connectivity index (χ1v) is 11.3. The number of nitrogens with one attached hydrogen (secondary N) is 1. The Balaban J connectivity index is 1.26. The Morgan fingerprint density at radius 3 is 2.90 bits per heavy atom. The van der Waals surface area contributed by atoms with E-state index in [4.69, 9.17) is 9.72 Å². The van der Waals surface area contributed by atoms with Gasteiger partial charge in [0.1, 0.15) is 12.4 Å². The monoisotopic (exact) mass is 463 g/mol. The SMILES string of the molecule is O=C(OCc1ccccc1)N1C(c2nc3c([nH]2)-c2ccc(Br)cc2CC3)CC2CC21. The number of imidazole rings is 1. The van der Waals surface area contributed by atoms with Crippen LogP contribution in [0.1, 0.15) is 41.5 Å². The molecule has 1 N–H and O–H groups in total. The number of piperidine rings is 1. The van der Waals surface area contributed by atoms with Gasteiger partial charge in [-0.05, 0) is 54.9 Å². The van der Waals surface area contributed by atoms with Crippen LogP contribution in [0.15, 0.2) is 53.0 Å². The summed E-state index contributed by atoms with van der Waals surface area (Å²) in [5.74, 6) is 1.48. The molecule has 1 saturated carbocycles. The highest BCUT2D eigenvalue weighted by molar-refractivity contribution is 9.10. The number of hydrogen-bond acceptors (Lipinski definition) is 3. The number of ether oxygens (including phenoxy) is 1. The molecule has 3 aliphatic rings. The lowest BCUT2D eigenvalue weighted by Gasteiger charge is -2.25. The number of halogens is 1. The molecule has 3 aromatic rings. The molecule has 0 bridgehead atoms. The van der Waals surface area contributed by atoms with Gasteiger partial charge in [-0.3, -0.25) is 4.90 Å². The topological polar surface area (TPSA) is 58.2 Å². The van der Waals surface area contributed by atoms with Crippen molar-refractivity contribution >= 4 is 22.0 Å². The standard InChI is InChI=1S/C24H22BrN3O2/c25-17-7-8-18-15(10-17)6-9-19-22(18)27-23(26-19)21-12-16-11-20(16)28(21)24(29)30-13-14-4-2-1-3-5-14/h1-5,7-8,10,16,20-21H,6,9,11-13H2,(H,26,27). The molecule has 1 aromatic heterocycles. The van der Waals surface area contributed by atoms with Crippen molar-refractivity contribution in [1.29, 1.82) is 0 Å². The third-order valence-electron chi connectivity index (χ3n) is 6.60. The zero-order valence-corrected chi connectivity index (χ0v) is 18.1. The van der Waals surface area contributed by atoms with Crippen LogP contribution in [-0.2, 0) is 24.2 Å². The summed E-state index contributed by atoms with van der Waals surface area (Å²) in [6, 6.07) is 16.5. The summed E-state index contributed by atoms with van der Waals surface area (Å²) in [6.07, 6.45) is 3.73. The van der Waals surface area contributed by atoms with Crippen LogP contribution in [0.3, 0.4) is 0 Å². The van der Waals surface area contributed by atoms with Crippen molar-refractivity contribution < 1.29 is 9.53 Å². The van der Waals surface area contributed by atoms with E-state index in [9.17, 15) is 4.79 Å². The quantitative estimate of drug-likeness (QED) is 0.564. The van der Waals surface area contributed by atoms with E-state index < -0.39 is 0 Å². The average molecular weight is 464 g/mol. The molecule has 2 fully saturated rings. The number of H-pyrrole nitrogens is 1. The molecule has 1 saturated heterocycles. The van der Waals surface area contributed by atoms with E-state index in [1.54, 1.807) is 0 Å². The Morgan fingerprint density at radius 2 is 2.03 bits per heavy atom. The molecular formula is C24H22BrN3O2. The van der Waals surface area contributed by atoms with Crippen LogP contribution in [0.5, 0.6) is 0 Å². The maximum Gasteiger partial charge on any atom is 0.410 e. The minimum Gasteiger partial charge on any atom is -0.445 e. The van der Waals surface area contributed by atoms with Crippen LogP contribution < -0.4 is 0 Å². The third kappa shape index (κ3) is 3.05. The second-order valence-electron chi connectivity index (χ2n) is 8.51. The van der Waals surface area contributed by atoms with Gasteiger partial charge in [-0.25, -0.2) is 9.78 Å². The van der Waals surface area contributed by atoms with Gasteiger partial charge < -0.3 is 9.72 Å². The Labute approximate surface area is 183 Å². The highest BCUT2D eigenvalue weighted by atomic mass is 79.9. The summed E-state index contributed by atoms with van der Waals surface area (Å²) in [5.41, 5.74) is 5.78. The van der Waals surface area contributed by atoms with E-state index in [0.29, 0.717) is 18.6 Å². The number of aromatic amines is 1. The summed E-state index contributed by atoms with van der Waals surface area (Å²) in [7, 11) is 0. The summed E-state index contributed by atoms with van der Waals surface area (Å²) < 4.78 is 6.78. The predicted molar refractivity (Wildman–Crippen MR) is 117 cm³/mol. The molecule has 2 aromatic carbocycles. The zero-order valence-electron chi connectivity index (χ0n) is 16.5. The van der Waals surface area contributed by atoms with Crippen molar-refractivity contribution in [3.63, 3.8) is 0 Å². The van der Waals surface area contributed by atoms with E-state index >= 15 is 0 Å². The van der Waals surface area contributed by atoms with E-state index in [-0.39, 0.29) is 12.1 Å². The summed E-state index contributed by atoms with van der Waals surface area (Å²) in [5, 5.41) is 0. The predicted octanol–water partition coefficient (Wildman–Crippen LogP) is 5.41. The zero-order chi connectivity index (χ0) is 20.2. The summed E-state index contributed by atoms with van der Waals surface area (Å²) in [4.78, 5) is 23.4. The van der Waals surface area contributed by atoms with E-state index in [1.165, 1.54) is 11.1 Å². The molecular weight excluding hydrogens is 442 g/mol. The van der Waals surface area contributed by atoms with Crippen LogP contribution in [0.2, 0.25) is 0 Å². The fraction of sp³-hybridized carbons (Fsp3) is 0.333. The second-order valence-corrected chi connectivity index (χ2v) is 9.42. The van der Waals surface area contributed by atoms with Crippen molar-refractivity contribution in [2.75, 3.05) is 0 Å². The number of likely N-dealkylation sites (tertiary alicyclic amines) is 1. The molecule has 3 unspecified atom stereocenters. The molecule has 6 rings (SSSR count). The molecule has 0 spiro atoms. The first kappa shape index (κ1) is 18.2. The Morgan fingerprint density at radius 1 is 1.17 bits per heavy atom. The highest BCUT2D eigenvalue weighted by Crippen LogP contribution is 2.53. The number of carbonyl (C=O) groups excluding carboxylic acids is 1. The van der Waals surface area contributed by atoms with Gasteiger partial charge in [-0.1, -0.05) is 52.3 Å². The number of hydrogen-bond donors (Lipinski definition) is 1. The number of benzene rings is 2. The van der Waals surface area contributed by atoms with Crippen LogP contribution in [0.25, 0.3) is 11.3 Å². The van der Waals surface area contributed by atoms with Crippen molar-refractivity contribution in [1.82, 2.24) is 14.9 Å². The molecule has 152 valence electrons. The normalized spacial score (nSPS) is 23.5. The Hall–Kier alpha value is -2.60. The third-order valence-corrected chi connectivity index (χ3v) is 7.09. The maximum absolute atomic E-state index is 13.0. The van der Waals surface area contributed by atoms with Gasteiger partial charge in [-0.2, -0.15) is 0 Å². The molecule has 2 aliphatic carbocycles. The molecule has 1 aliphatic heterocycles. The number of amides is 1. The van der Waals surface area contributed by atoms with Crippen molar-refractivity contribution in [2.24, 2.45) is 5.92 Å². The van der Waals surface area contributed by atoms with Crippen LogP contribution in [0.4, 0.5) is 4.79 Å². The van der Waals surface area contributed by atoms with Gasteiger partial charge in [0.15, 0.2) is 0 Å². The number of carbonyl (C=O) groups is 1. The first-order valence-electron chi connectivity index (χ1n) is 10.5. The van der Waals surface area contributed by atoms with Gasteiger partial charge in [-0.15, -0.1) is 0 Å². The molecule has 30 heavy (non-hydrogen) atoms. The number of nitrogens with zero attached hydrogens (tertiary/aromatic N) is 2. The largest absolute Gasteiger partial charge is 0.445 e. The number of rotatable bonds is 3. The molecule has 1 amide bonds. The lowest BCUT2D eigenvalue weighted by atomic mass is 9.92. The van der Waals surface area contributed by atoms with Gasteiger partial charge in [0.05, 0.1) is 17.4 Å².